The average Bonchev–Trinajstić information content (AvgIpc) is 2.94. The van der Waals surface area contributed by atoms with Gasteiger partial charge in [0.05, 0.1) is 5.92 Å². The number of hydrogen-bond donors (Lipinski definition) is 3. The number of rotatable bonds is 6. The van der Waals surface area contributed by atoms with Crippen molar-refractivity contribution in [1.82, 2.24) is 15.6 Å². The molecule has 1 aliphatic rings. The fraction of sp³-hybridized carbons (Fsp3) is 0.571. The smallest absolute Gasteiger partial charge is 0.224 e. The van der Waals surface area contributed by atoms with Crippen molar-refractivity contribution in [2.45, 2.75) is 19.8 Å². The second kappa shape index (κ2) is 10.7. The molecule has 2 heterocycles. The Labute approximate surface area is 138 Å². The number of pyridine rings is 1. The molecule has 3 N–H and O–H groups in total. The first-order chi connectivity index (χ1) is 9.25. The minimum atomic E-state index is 0. The maximum absolute atomic E-state index is 11.7. The van der Waals surface area contributed by atoms with Crippen LogP contribution in [0.5, 0.6) is 0 Å². The van der Waals surface area contributed by atoms with E-state index in [0.29, 0.717) is 6.54 Å². The first-order valence-electron chi connectivity index (χ1n) is 6.90. The molecule has 0 bridgehead atoms. The van der Waals surface area contributed by atoms with E-state index in [0.717, 1.165) is 43.9 Å². The average molecular weight is 335 g/mol. The summed E-state index contributed by atoms with van der Waals surface area (Å²) in [6.45, 7) is 5.33. The molecule has 5 nitrogen and oxygen atoms in total. The van der Waals surface area contributed by atoms with Gasteiger partial charge in [-0.15, -0.1) is 24.8 Å². The normalized spacial score (nSPS) is 16.5. The number of halogens is 2. The third-order valence-electron chi connectivity index (χ3n) is 3.30. The molecule has 1 aromatic rings. The summed E-state index contributed by atoms with van der Waals surface area (Å²) in [5.74, 6) is 1.22. The van der Waals surface area contributed by atoms with E-state index in [1.54, 1.807) is 0 Å². The first-order valence-corrected chi connectivity index (χ1v) is 6.90. The topological polar surface area (TPSA) is 66.0 Å². The highest BCUT2D eigenvalue weighted by Crippen LogP contribution is 2.07. The molecule has 0 spiro atoms. The van der Waals surface area contributed by atoms with Crippen molar-refractivity contribution in [3.05, 3.63) is 23.9 Å². The number of nitrogens with zero attached hydrogens (tertiary/aromatic N) is 1. The van der Waals surface area contributed by atoms with E-state index < -0.39 is 0 Å². The maximum atomic E-state index is 11.7. The van der Waals surface area contributed by atoms with Gasteiger partial charge in [-0.25, -0.2) is 4.98 Å². The molecule has 0 saturated carbocycles. The van der Waals surface area contributed by atoms with Crippen LogP contribution < -0.4 is 16.0 Å². The van der Waals surface area contributed by atoms with Crippen LogP contribution in [0, 0.1) is 12.8 Å². The molecule has 2 rings (SSSR count). The van der Waals surface area contributed by atoms with Gasteiger partial charge in [0.1, 0.15) is 5.82 Å². The molecule has 120 valence electrons. The molecule has 1 saturated heterocycles. The summed E-state index contributed by atoms with van der Waals surface area (Å²) >= 11 is 0. The van der Waals surface area contributed by atoms with E-state index in [1.165, 1.54) is 0 Å². The van der Waals surface area contributed by atoms with Gasteiger partial charge in [-0.1, -0.05) is 6.07 Å². The lowest BCUT2D eigenvalue weighted by Gasteiger charge is -2.10. The zero-order chi connectivity index (χ0) is 13.5. The van der Waals surface area contributed by atoms with E-state index >= 15 is 0 Å². The maximum Gasteiger partial charge on any atom is 0.224 e. The van der Waals surface area contributed by atoms with Gasteiger partial charge >= 0.3 is 0 Å². The highest BCUT2D eigenvalue weighted by Gasteiger charge is 2.21. The van der Waals surface area contributed by atoms with Gasteiger partial charge in [-0.05, 0) is 37.9 Å². The molecular formula is C14H24Cl2N4O. The summed E-state index contributed by atoms with van der Waals surface area (Å²) in [5.41, 5.74) is 1.16. The van der Waals surface area contributed by atoms with Crippen LogP contribution in [0.1, 0.15) is 18.4 Å². The quantitative estimate of drug-likeness (QED) is 0.693. The van der Waals surface area contributed by atoms with Gasteiger partial charge in [-0.3, -0.25) is 4.79 Å². The molecule has 1 fully saturated rings. The third-order valence-corrected chi connectivity index (χ3v) is 3.30. The van der Waals surface area contributed by atoms with Gasteiger partial charge in [0.15, 0.2) is 0 Å². The van der Waals surface area contributed by atoms with Crippen LogP contribution in [-0.4, -0.2) is 37.1 Å². The molecule has 1 unspecified atom stereocenters. The molecule has 21 heavy (non-hydrogen) atoms. The fourth-order valence-electron chi connectivity index (χ4n) is 2.11. The SMILES string of the molecule is Cc1ccc(NCCCNC(=O)C2CCNC2)nc1.Cl.Cl. The predicted octanol–water partition coefficient (Wildman–Crippen LogP) is 1.76. The molecule has 1 aliphatic heterocycles. The lowest BCUT2D eigenvalue weighted by atomic mass is 10.1. The zero-order valence-corrected chi connectivity index (χ0v) is 13.9. The summed E-state index contributed by atoms with van der Waals surface area (Å²) in [6.07, 6.45) is 3.70. The molecule has 1 amide bonds. The summed E-state index contributed by atoms with van der Waals surface area (Å²) in [7, 11) is 0. The van der Waals surface area contributed by atoms with E-state index in [4.69, 9.17) is 0 Å². The van der Waals surface area contributed by atoms with Crippen molar-refractivity contribution in [2.75, 3.05) is 31.5 Å². The predicted molar refractivity (Wildman–Crippen MR) is 90.6 cm³/mol. The Morgan fingerprint density at radius 1 is 1.38 bits per heavy atom. The van der Waals surface area contributed by atoms with Crippen molar-refractivity contribution < 1.29 is 4.79 Å². The number of carbonyl (C=O) groups excluding carboxylic acids is 1. The van der Waals surface area contributed by atoms with E-state index in [-0.39, 0.29) is 36.6 Å². The van der Waals surface area contributed by atoms with Gasteiger partial charge in [0.2, 0.25) is 5.91 Å². The van der Waals surface area contributed by atoms with Crippen LogP contribution in [0.4, 0.5) is 5.82 Å². The van der Waals surface area contributed by atoms with Crippen LogP contribution in [0.15, 0.2) is 18.3 Å². The Morgan fingerprint density at radius 2 is 2.19 bits per heavy atom. The van der Waals surface area contributed by atoms with Crippen LogP contribution in [-0.2, 0) is 4.79 Å². The molecule has 1 atom stereocenters. The molecule has 0 radical (unpaired) electrons. The van der Waals surface area contributed by atoms with Crippen molar-refractivity contribution in [3.63, 3.8) is 0 Å². The number of hydrogen-bond acceptors (Lipinski definition) is 4. The molecular weight excluding hydrogens is 311 g/mol. The van der Waals surface area contributed by atoms with E-state index in [2.05, 4.69) is 20.9 Å². The summed E-state index contributed by atoms with van der Waals surface area (Å²) in [4.78, 5) is 16.0. The lowest BCUT2D eigenvalue weighted by Crippen LogP contribution is -2.33. The van der Waals surface area contributed by atoms with Crippen molar-refractivity contribution in [2.24, 2.45) is 5.92 Å². The number of nitrogens with one attached hydrogen (secondary N) is 3. The van der Waals surface area contributed by atoms with Gasteiger partial charge in [-0.2, -0.15) is 0 Å². The standard InChI is InChI=1S/C14H22N4O.2ClH/c1-11-3-4-13(18-9-11)16-6-2-7-17-14(19)12-5-8-15-10-12;;/h3-4,9,12,15H,2,5-8,10H2,1H3,(H,16,18)(H,17,19);2*1H. The van der Waals surface area contributed by atoms with Crippen molar-refractivity contribution in [1.29, 1.82) is 0 Å². The first kappa shape index (κ1) is 20.0. The van der Waals surface area contributed by atoms with Crippen LogP contribution in [0.2, 0.25) is 0 Å². The fourth-order valence-corrected chi connectivity index (χ4v) is 2.11. The number of aromatic nitrogens is 1. The van der Waals surface area contributed by atoms with Gasteiger partial charge in [0, 0.05) is 25.8 Å². The van der Waals surface area contributed by atoms with Gasteiger partial charge < -0.3 is 16.0 Å². The largest absolute Gasteiger partial charge is 0.370 e. The number of aryl methyl sites for hydroxylation is 1. The lowest BCUT2D eigenvalue weighted by molar-refractivity contribution is -0.124. The molecule has 0 aliphatic carbocycles. The Hall–Kier alpha value is -1.04. The Bertz CT molecular complexity index is 408. The Morgan fingerprint density at radius 3 is 2.81 bits per heavy atom. The van der Waals surface area contributed by atoms with Crippen LogP contribution in [0.3, 0.4) is 0 Å². The van der Waals surface area contributed by atoms with Crippen molar-refractivity contribution in [3.8, 4) is 0 Å². The minimum Gasteiger partial charge on any atom is -0.370 e. The Kier molecular flexibility index (Phi) is 10.1. The number of carbonyl (C=O) groups is 1. The van der Waals surface area contributed by atoms with Crippen molar-refractivity contribution >= 4 is 36.5 Å². The highest BCUT2D eigenvalue weighted by molar-refractivity contribution is 5.85. The second-order valence-electron chi connectivity index (χ2n) is 4.98. The monoisotopic (exact) mass is 334 g/mol. The van der Waals surface area contributed by atoms with Crippen LogP contribution in [0.25, 0.3) is 0 Å². The van der Waals surface area contributed by atoms with Crippen LogP contribution >= 0.6 is 24.8 Å². The number of anilines is 1. The van der Waals surface area contributed by atoms with E-state index in [9.17, 15) is 4.79 Å². The zero-order valence-electron chi connectivity index (χ0n) is 12.2. The second-order valence-corrected chi connectivity index (χ2v) is 4.98. The van der Waals surface area contributed by atoms with Gasteiger partial charge in [0.25, 0.3) is 0 Å². The molecule has 0 aromatic carbocycles. The third kappa shape index (κ3) is 6.98. The summed E-state index contributed by atoms with van der Waals surface area (Å²) in [6, 6.07) is 4.00. The highest BCUT2D eigenvalue weighted by atomic mass is 35.5. The Balaban J connectivity index is 0.00000200. The molecule has 7 heteroatoms. The number of amides is 1. The summed E-state index contributed by atoms with van der Waals surface area (Å²) in [5, 5.41) is 9.42. The minimum absolute atomic E-state index is 0. The molecule has 1 aromatic heterocycles. The summed E-state index contributed by atoms with van der Waals surface area (Å²) < 4.78 is 0. The van der Waals surface area contributed by atoms with E-state index in [1.807, 2.05) is 25.3 Å².